The minimum Gasteiger partial charge on any atom is -0.466 e. The number of para-hydroxylation sites is 1. The first kappa shape index (κ1) is 30.2. The van der Waals surface area contributed by atoms with Crippen LogP contribution in [0.15, 0.2) is 95.0 Å². The first-order valence-electron chi connectivity index (χ1n) is 15.8. The minimum absolute atomic E-state index is 0.00185. The number of likely N-dealkylation sites (tertiary alicyclic amines) is 1. The first-order valence-corrected chi connectivity index (χ1v) is 17.2. The van der Waals surface area contributed by atoms with Gasteiger partial charge in [-0.05, 0) is 73.3 Å². The Bertz CT molecular complexity index is 1710. The molecule has 2 saturated heterocycles. The van der Waals surface area contributed by atoms with Crippen molar-refractivity contribution < 1.29 is 26.9 Å². The van der Waals surface area contributed by atoms with E-state index in [9.17, 15) is 13.2 Å². The molecule has 3 aromatic rings. The molecule has 0 saturated carbocycles. The molecule has 3 aromatic carbocycles. The number of nitrogens with one attached hydrogen (secondary N) is 1. The van der Waals surface area contributed by atoms with Crippen molar-refractivity contribution >= 4 is 21.8 Å². The van der Waals surface area contributed by atoms with Gasteiger partial charge in [0.25, 0.3) is 10.1 Å². The fourth-order valence-electron chi connectivity index (χ4n) is 8.40. The summed E-state index contributed by atoms with van der Waals surface area (Å²) in [6.45, 7) is 4.65. The summed E-state index contributed by atoms with van der Waals surface area (Å²) in [6.07, 6.45) is 2.05. The van der Waals surface area contributed by atoms with E-state index < -0.39 is 15.5 Å². The van der Waals surface area contributed by atoms with Crippen molar-refractivity contribution in [2.24, 2.45) is 17.8 Å². The SMILES string of the molecule is COC(=O)C1=C2Nc3ccccc3[C@]23CCN(Cc2ccccc2)[C@@H]3[C@@H]([C@H]2COCC[C@H]2COS(=O)(=O)c2ccc(C)cc2)C1. The molecule has 5 atom stereocenters. The van der Waals surface area contributed by atoms with E-state index in [4.69, 9.17) is 13.7 Å². The molecule has 0 bridgehead atoms. The summed E-state index contributed by atoms with van der Waals surface area (Å²) < 4.78 is 43.8. The molecular formula is C36H40N2O6S. The topological polar surface area (TPSA) is 94.2 Å². The van der Waals surface area contributed by atoms with Gasteiger partial charge >= 0.3 is 5.97 Å². The summed E-state index contributed by atoms with van der Waals surface area (Å²) in [6, 6.07) is 25.7. The summed E-state index contributed by atoms with van der Waals surface area (Å²) in [7, 11) is -2.48. The molecule has 9 heteroatoms. The lowest BCUT2D eigenvalue weighted by Gasteiger charge is -2.50. The number of rotatable bonds is 8. The number of methoxy groups -OCH3 is 1. The Labute approximate surface area is 265 Å². The molecule has 0 amide bonds. The van der Waals surface area contributed by atoms with E-state index in [1.807, 2.05) is 19.1 Å². The highest BCUT2D eigenvalue weighted by atomic mass is 32.2. The lowest BCUT2D eigenvalue weighted by Crippen LogP contribution is -2.55. The van der Waals surface area contributed by atoms with Gasteiger partial charge in [0, 0.05) is 37.1 Å². The summed E-state index contributed by atoms with van der Waals surface area (Å²) in [5.41, 5.74) is 5.67. The predicted octanol–water partition coefficient (Wildman–Crippen LogP) is 5.44. The van der Waals surface area contributed by atoms with Crippen LogP contribution in [0.3, 0.4) is 0 Å². The van der Waals surface area contributed by atoms with Crippen LogP contribution in [0.2, 0.25) is 0 Å². The zero-order valence-corrected chi connectivity index (χ0v) is 26.6. The molecule has 1 N–H and O–H groups in total. The molecule has 45 heavy (non-hydrogen) atoms. The van der Waals surface area contributed by atoms with Crippen LogP contribution in [0.1, 0.15) is 36.0 Å². The molecule has 236 valence electrons. The number of hydrogen-bond donors (Lipinski definition) is 1. The first-order chi connectivity index (χ1) is 21.8. The second kappa shape index (κ2) is 12.0. The number of anilines is 1. The average molecular weight is 629 g/mol. The standard InChI is InChI=1S/C36H40N2O6S/c1-24-12-14-27(15-13-24)45(40,41)44-22-26-16-19-43-23-30(26)28-20-29(35(39)42-2)33-36(31-10-6-7-11-32(31)37-33)17-18-38(34(28)36)21-25-8-4-3-5-9-25/h3-15,26,28,30,34,37H,16-23H2,1-2H3/t26-,28+,30-,34+,36+/m0/s1. The smallest absolute Gasteiger partial charge is 0.335 e. The molecule has 1 spiro atoms. The number of hydrogen-bond acceptors (Lipinski definition) is 8. The molecule has 3 aliphatic heterocycles. The monoisotopic (exact) mass is 628 g/mol. The number of fused-ring (bicyclic) bond motifs is 1. The summed E-state index contributed by atoms with van der Waals surface area (Å²) >= 11 is 0. The molecule has 7 rings (SSSR count). The van der Waals surface area contributed by atoms with Gasteiger partial charge in [-0.15, -0.1) is 0 Å². The normalized spacial score (nSPS) is 27.8. The van der Waals surface area contributed by atoms with E-state index in [-0.39, 0.29) is 41.3 Å². The van der Waals surface area contributed by atoms with Crippen LogP contribution in [-0.4, -0.2) is 58.8 Å². The minimum atomic E-state index is -3.93. The van der Waals surface area contributed by atoms with E-state index in [0.717, 1.165) is 36.5 Å². The van der Waals surface area contributed by atoms with Crippen molar-refractivity contribution in [3.05, 3.63) is 107 Å². The van der Waals surface area contributed by atoms with E-state index in [1.165, 1.54) is 18.2 Å². The lowest BCUT2D eigenvalue weighted by molar-refractivity contribution is -0.137. The van der Waals surface area contributed by atoms with Gasteiger partial charge in [0.15, 0.2) is 0 Å². The third-order valence-electron chi connectivity index (χ3n) is 10.5. The highest BCUT2D eigenvalue weighted by molar-refractivity contribution is 7.86. The van der Waals surface area contributed by atoms with Crippen molar-refractivity contribution in [2.45, 2.75) is 49.1 Å². The van der Waals surface area contributed by atoms with Crippen LogP contribution in [0.5, 0.6) is 0 Å². The average Bonchev–Trinajstić information content (AvgIpc) is 3.61. The van der Waals surface area contributed by atoms with Gasteiger partial charge in [0.2, 0.25) is 0 Å². The lowest BCUT2D eigenvalue weighted by atomic mass is 9.59. The van der Waals surface area contributed by atoms with Crippen LogP contribution in [0, 0.1) is 24.7 Å². The highest BCUT2D eigenvalue weighted by Crippen LogP contribution is 2.61. The molecule has 0 unspecified atom stereocenters. The largest absolute Gasteiger partial charge is 0.466 e. The second-order valence-electron chi connectivity index (χ2n) is 12.8. The van der Waals surface area contributed by atoms with Gasteiger partial charge in [-0.2, -0.15) is 8.42 Å². The van der Waals surface area contributed by atoms with Crippen LogP contribution in [0.25, 0.3) is 0 Å². The summed E-state index contributed by atoms with van der Waals surface area (Å²) in [4.78, 5) is 16.2. The van der Waals surface area contributed by atoms with Crippen molar-refractivity contribution in [1.29, 1.82) is 0 Å². The van der Waals surface area contributed by atoms with Gasteiger partial charge in [-0.25, -0.2) is 4.79 Å². The van der Waals surface area contributed by atoms with Crippen LogP contribution in [-0.2, 0) is 40.5 Å². The fraction of sp³-hybridized carbons (Fsp3) is 0.417. The molecule has 1 aliphatic carbocycles. The number of nitrogens with zero attached hydrogens (tertiary/aromatic N) is 1. The highest BCUT2D eigenvalue weighted by Gasteiger charge is 2.62. The van der Waals surface area contributed by atoms with Gasteiger partial charge in [-0.1, -0.05) is 66.2 Å². The number of ether oxygens (including phenoxy) is 2. The van der Waals surface area contributed by atoms with E-state index in [0.29, 0.717) is 31.6 Å². The molecule has 2 fully saturated rings. The van der Waals surface area contributed by atoms with Crippen molar-refractivity contribution in [3.63, 3.8) is 0 Å². The number of carbonyl (C=O) groups excluding carboxylic acids is 1. The maximum Gasteiger partial charge on any atom is 0.335 e. The van der Waals surface area contributed by atoms with Crippen molar-refractivity contribution in [2.75, 3.05) is 38.8 Å². The van der Waals surface area contributed by atoms with Crippen LogP contribution in [0.4, 0.5) is 5.69 Å². The summed E-state index contributed by atoms with van der Waals surface area (Å²) in [5.74, 6) is -0.413. The maximum absolute atomic E-state index is 13.5. The zero-order valence-electron chi connectivity index (χ0n) is 25.8. The molecule has 0 radical (unpaired) electrons. The number of benzene rings is 3. The van der Waals surface area contributed by atoms with Crippen molar-refractivity contribution in [1.82, 2.24) is 4.90 Å². The van der Waals surface area contributed by atoms with Crippen molar-refractivity contribution in [3.8, 4) is 0 Å². The molecule has 3 heterocycles. The van der Waals surface area contributed by atoms with Gasteiger partial charge < -0.3 is 14.8 Å². The Kier molecular flexibility index (Phi) is 8.06. The zero-order chi connectivity index (χ0) is 31.2. The third kappa shape index (κ3) is 5.29. The van der Waals surface area contributed by atoms with E-state index in [2.05, 4.69) is 52.7 Å². The van der Waals surface area contributed by atoms with Crippen LogP contribution >= 0.6 is 0 Å². The predicted molar refractivity (Wildman–Crippen MR) is 171 cm³/mol. The fourth-order valence-corrected chi connectivity index (χ4v) is 9.36. The van der Waals surface area contributed by atoms with E-state index >= 15 is 0 Å². The number of aryl methyl sites for hydroxylation is 1. The summed E-state index contributed by atoms with van der Waals surface area (Å²) in [5, 5.41) is 3.67. The van der Waals surface area contributed by atoms with Crippen LogP contribution < -0.4 is 5.32 Å². The Morgan fingerprint density at radius 2 is 1.78 bits per heavy atom. The van der Waals surface area contributed by atoms with Gasteiger partial charge in [0.1, 0.15) is 0 Å². The Hall–Kier alpha value is -3.50. The number of esters is 1. The Morgan fingerprint density at radius 1 is 1.02 bits per heavy atom. The third-order valence-corrected chi connectivity index (χ3v) is 11.8. The Balaban J connectivity index is 1.28. The maximum atomic E-state index is 13.5. The number of carbonyl (C=O) groups is 1. The molecule has 0 aromatic heterocycles. The van der Waals surface area contributed by atoms with E-state index in [1.54, 1.807) is 24.3 Å². The molecule has 4 aliphatic rings. The Morgan fingerprint density at radius 3 is 2.56 bits per heavy atom. The molecular weight excluding hydrogens is 588 g/mol. The quantitative estimate of drug-likeness (QED) is 0.261. The molecule has 8 nitrogen and oxygen atoms in total. The second-order valence-corrected chi connectivity index (χ2v) is 14.5. The van der Waals surface area contributed by atoms with Gasteiger partial charge in [0.05, 0.1) is 36.2 Å². The van der Waals surface area contributed by atoms with Gasteiger partial charge in [-0.3, -0.25) is 9.08 Å².